The first-order chi connectivity index (χ1) is 11.1. The molecule has 0 fully saturated rings. The molecular weight excluding hydrogens is 323 g/mol. The third-order valence-corrected chi connectivity index (χ3v) is 4.64. The fourth-order valence-electron chi connectivity index (χ4n) is 2.23. The molecule has 3 aromatic rings. The van der Waals surface area contributed by atoms with Gasteiger partial charge in [0.15, 0.2) is 5.75 Å². The number of hydrogen-bond acceptors (Lipinski definition) is 7. The summed E-state index contributed by atoms with van der Waals surface area (Å²) in [5.41, 5.74) is 0.183. The molecule has 0 spiro atoms. The Morgan fingerprint density at radius 3 is 2.43 bits per heavy atom. The van der Waals surface area contributed by atoms with Crippen LogP contribution in [0.15, 0.2) is 44.2 Å². The van der Waals surface area contributed by atoms with Gasteiger partial charge >= 0.3 is 13.4 Å². The summed E-state index contributed by atoms with van der Waals surface area (Å²) < 4.78 is 39.1. The highest BCUT2D eigenvalue weighted by Gasteiger charge is 2.30. The Balaban J connectivity index is 2.22. The van der Waals surface area contributed by atoms with Crippen LogP contribution in [0.25, 0.3) is 21.9 Å². The molecule has 122 valence electrons. The molecule has 0 unspecified atom stereocenters. The SMILES string of the molecule is CCOP(=O)(OCC)Oc1c2ccoc2cc2oc(=O)ccc12. The predicted molar refractivity (Wildman–Crippen MR) is 83.7 cm³/mol. The normalized spacial score (nSPS) is 12.1. The number of fused-ring (bicyclic) bond motifs is 2. The molecule has 3 rings (SSSR count). The fraction of sp³-hybridized carbons (Fsp3) is 0.267. The highest BCUT2D eigenvalue weighted by Crippen LogP contribution is 2.52. The quantitative estimate of drug-likeness (QED) is 0.494. The summed E-state index contributed by atoms with van der Waals surface area (Å²) >= 11 is 0. The van der Waals surface area contributed by atoms with Crippen LogP contribution in [0.3, 0.4) is 0 Å². The monoisotopic (exact) mass is 338 g/mol. The average molecular weight is 338 g/mol. The summed E-state index contributed by atoms with van der Waals surface area (Å²) in [5, 5.41) is 1.05. The van der Waals surface area contributed by atoms with Crippen molar-refractivity contribution in [2.24, 2.45) is 0 Å². The summed E-state index contributed by atoms with van der Waals surface area (Å²) in [4.78, 5) is 11.4. The Morgan fingerprint density at radius 1 is 1.04 bits per heavy atom. The molecule has 23 heavy (non-hydrogen) atoms. The zero-order chi connectivity index (χ0) is 16.4. The van der Waals surface area contributed by atoms with E-state index >= 15 is 0 Å². The molecule has 0 amide bonds. The van der Waals surface area contributed by atoms with E-state index < -0.39 is 13.4 Å². The van der Waals surface area contributed by atoms with Gasteiger partial charge in [-0.15, -0.1) is 0 Å². The van der Waals surface area contributed by atoms with Gasteiger partial charge in [-0.2, -0.15) is 0 Å². The van der Waals surface area contributed by atoms with Crippen molar-refractivity contribution in [1.82, 2.24) is 0 Å². The maximum atomic E-state index is 12.7. The van der Waals surface area contributed by atoms with Crippen LogP contribution in [-0.2, 0) is 13.6 Å². The van der Waals surface area contributed by atoms with Gasteiger partial charge in [0.1, 0.15) is 11.2 Å². The van der Waals surface area contributed by atoms with Crippen molar-refractivity contribution in [2.45, 2.75) is 13.8 Å². The van der Waals surface area contributed by atoms with E-state index in [1.54, 1.807) is 26.0 Å². The van der Waals surface area contributed by atoms with Crippen LogP contribution in [0.4, 0.5) is 0 Å². The average Bonchev–Trinajstić information content (AvgIpc) is 2.95. The van der Waals surface area contributed by atoms with Gasteiger partial charge in [0.2, 0.25) is 0 Å². The van der Waals surface area contributed by atoms with Gasteiger partial charge in [-0.05, 0) is 26.0 Å². The van der Waals surface area contributed by atoms with Gasteiger partial charge in [-0.1, -0.05) is 0 Å². The van der Waals surface area contributed by atoms with Gasteiger partial charge < -0.3 is 13.4 Å². The first-order valence-electron chi connectivity index (χ1n) is 7.09. The minimum Gasteiger partial charge on any atom is -0.464 e. The number of phosphoric acid groups is 1. The van der Waals surface area contributed by atoms with E-state index in [0.29, 0.717) is 16.4 Å². The molecule has 2 heterocycles. The molecule has 2 aromatic heterocycles. The minimum absolute atomic E-state index is 0.158. The Labute approximate surface area is 131 Å². The lowest BCUT2D eigenvalue weighted by Crippen LogP contribution is -2.03. The lowest BCUT2D eigenvalue weighted by atomic mass is 10.1. The molecule has 0 aliphatic rings. The summed E-state index contributed by atoms with van der Waals surface area (Å²) in [6.07, 6.45) is 1.46. The third kappa shape index (κ3) is 3.03. The molecule has 1 aromatic carbocycles. The van der Waals surface area contributed by atoms with E-state index in [-0.39, 0.29) is 24.5 Å². The van der Waals surface area contributed by atoms with Gasteiger partial charge in [0.05, 0.1) is 30.2 Å². The topological polar surface area (TPSA) is 88.1 Å². The molecule has 0 atom stereocenters. The van der Waals surface area contributed by atoms with Gasteiger partial charge in [-0.3, -0.25) is 9.05 Å². The second-order valence-electron chi connectivity index (χ2n) is 4.58. The van der Waals surface area contributed by atoms with Crippen molar-refractivity contribution in [1.29, 1.82) is 0 Å². The van der Waals surface area contributed by atoms with Crippen LogP contribution in [0.2, 0.25) is 0 Å². The highest BCUT2D eigenvalue weighted by atomic mass is 31.2. The Kier molecular flexibility index (Phi) is 4.26. The van der Waals surface area contributed by atoms with Gasteiger partial charge in [0.25, 0.3) is 0 Å². The predicted octanol–water partition coefficient (Wildman–Crippen LogP) is 4.10. The molecule has 0 saturated heterocycles. The smallest absolute Gasteiger partial charge is 0.464 e. The summed E-state index contributed by atoms with van der Waals surface area (Å²) in [6, 6.07) is 6.03. The van der Waals surface area contributed by atoms with E-state index in [4.69, 9.17) is 22.4 Å². The highest BCUT2D eigenvalue weighted by molar-refractivity contribution is 7.49. The van der Waals surface area contributed by atoms with E-state index in [9.17, 15) is 9.36 Å². The lowest BCUT2D eigenvalue weighted by Gasteiger charge is -2.18. The first-order valence-corrected chi connectivity index (χ1v) is 8.55. The summed E-state index contributed by atoms with van der Waals surface area (Å²) in [5.74, 6) is 0.222. The lowest BCUT2D eigenvalue weighted by molar-refractivity contribution is 0.168. The maximum Gasteiger partial charge on any atom is 0.530 e. The minimum atomic E-state index is -3.80. The largest absolute Gasteiger partial charge is 0.530 e. The van der Waals surface area contributed by atoms with Crippen molar-refractivity contribution in [3.8, 4) is 5.75 Å². The second kappa shape index (κ2) is 6.20. The molecule has 0 aliphatic heterocycles. The number of rotatable bonds is 6. The van der Waals surface area contributed by atoms with Crippen LogP contribution in [0, 0.1) is 0 Å². The van der Waals surface area contributed by atoms with Crippen molar-refractivity contribution in [2.75, 3.05) is 13.2 Å². The standard InChI is InChI=1S/C15H15O7P/c1-3-19-23(17,20-4-2)22-15-10-5-6-14(16)21-13(10)9-12-11(15)7-8-18-12/h5-9H,3-4H2,1-2H3. The van der Waals surface area contributed by atoms with Gasteiger partial charge in [-0.25, -0.2) is 9.36 Å². The molecule has 0 radical (unpaired) electrons. The molecule has 7 nitrogen and oxygen atoms in total. The molecule has 0 N–H and O–H groups in total. The van der Waals surface area contributed by atoms with Crippen molar-refractivity contribution in [3.63, 3.8) is 0 Å². The van der Waals surface area contributed by atoms with Gasteiger partial charge in [0, 0.05) is 12.1 Å². The van der Waals surface area contributed by atoms with Crippen molar-refractivity contribution < 1.29 is 27.0 Å². The Hall–Kier alpha value is -2.08. The van der Waals surface area contributed by atoms with Crippen LogP contribution >= 0.6 is 7.82 Å². The number of furan rings is 1. The van der Waals surface area contributed by atoms with Crippen molar-refractivity contribution >= 4 is 29.8 Å². The number of phosphoric ester groups is 1. The number of hydrogen-bond donors (Lipinski definition) is 0. The van der Waals surface area contributed by atoms with E-state index in [1.165, 1.54) is 18.4 Å². The molecule has 8 heteroatoms. The molecule has 0 aliphatic carbocycles. The molecule has 0 saturated carbocycles. The van der Waals surface area contributed by atoms with Crippen LogP contribution in [0.5, 0.6) is 5.75 Å². The van der Waals surface area contributed by atoms with Crippen LogP contribution in [0.1, 0.15) is 13.8 Å². The van der Waals surface area contributed by atoms with E-state index in [0.717, 1.165) is 0 Å². The number of benzene rings is 1. The third-order valence-electron chi connectivity index (χ3n) is 3.09. The zero-order valence-electron chi connectivity index (χ0n) is 12.6. The summed E-state index contributed by atoms with van der Waals surface area (Å²) in [6.45, 7) is 3.69. The zero-order valence-corrected chi connectivity index (χ0v) is 13.5. The fourth-order valence-corrected chi connectivity index (χ4v) is 3.46. The first kappa shape index (κ1) is 15.8. The maximum absolute atomic E-state index is 12.7. The molecular formula is C15H15O7P. The Bertz CT molecular complexity index is 930. The molecule has 0 bridgehead atoms. The summed E-state index contributed by atoms with van der Waals surface area (Å²) in [7, 11) is -3.80. The second-order valence-corrected chi connectivity index (χ2v) is 6.17. The van der Waals surface area contributed by atoms with Crippen LogP contribution in [-0.4, -0.2) is 13.2 Å². The van der Waals surface area contributed by atoms with Crippen molar-refractivity contribution in [3.05, 3.63) is 40.9 Å². The van der Waals surface area contributed by atoms with E-state index in [1.807, 2.05) is 0 Å². The van der Waals surface area contributed by atoms with E-state index in [2.05, 4.69) is 0 Å². The van der Waals surface area contributed by atoms with Crippen LogP contribution < -0.4 is 10.1 Å². The Morgan fingerprint density at radius 2 is 1.74 bits per heavy atom.